The van der Waals surface area contributed by atoms with E-state index in [1.54, 1.807) is 6.92 Å². The molecule has 0 bridgehead atoms. The molecule has 0 saturated carbocycles. The maximum atomic E-state index is 11.9. The topological polar surface area (TPSA) is 150 Å². The summed E-state index contributed by atoms with van der Waals surface area (Å²) < 4.78 is 16.0. The molecule has 2 aromatic rings. The first-order chi connectivity index (χ1) is 11.8. The highest BCUT2D eigenvalue weighted by Crippen LogP contribution is 2.31. The monoisotopic (exact) mass is 354 g/mol. The van der Waals surface area contributed by atoms with E-state index < -0.39 is 42.7 Å². The maximum absolute atomic E-state index is 11.9. The van der Waals surface area contributed by atoms with Gasteiger partial charge in [-0.05, 0) is 6.92 Å². The molecule has 0 spiro atoms. The van der Waals surface area contributed by atoms with E-state index in [1.807, 2.05) is 0 Å². The number of ether oxygens (including phenoxy) is 2. The van der Waals surface area contributed by atoms with E-state index >= 15 is 0 Å². The zero-order valence-corrected chi connectivity index (χ0v) is 13.2. The second-order valence-electron chi connectivity index (χ2n) is 5.85. The molecule has 2 heterocycles. The average molecular weight is 354 g/mol. The van der Waals surface area contributed by atoms with Crippen LogP contribution in [-0.4, -0.2) is 62.8 Å². The third-order valence-corrected chi connectivity index (χ3v) is 4.01. The SMILES string of the molecule is Cc1cc(=O)c2c(O)cc(O[C@@H]3O[C@H](CO)[C@@H](O)[C@@H](O)[C@H]3O)cc2o1. The van der Waals surface area contributed by atoms with Crippen molar-refractivity contribution in [1.29, 1.82) is 0 Å². The van der Waals surface area contributed by atoms with Crippen LogP contribution in [0.2, 0.25) is 0 Å². The summed E-state index contributed by atoms with van der Waals surface area (Å²) in [6.07, 6.45) is -7.24. The van der Waals surface area contributed by atoms with Gasteiger partial charge in [0.25, 0.3) is 0 Å². The Morgan fingerprint density at radius 1 is 1.12 bits per heavy atom. The van der Waals surface area contributed by atoms with Gasteiger partial charge in [0, 0.05) is 18.2 Å². The predicted octanol–water partition coefficient (Wildman–Crippen LogP) is -1.01. The van der Waals surface area contributed by atoms with Crippen LogP contribution in [0.25, 0.3) is 11.0 Å². The molecule has 9 nitrogen and oxygen atoms in total. The lowest BCUT2D eigenvalue weighted by Gasteiger charge is -2.39. The number of rotatable bonds is 3. The Morgan fingerprint density at radius 2 is 1.84 bits per heavy atom. The quantitative estimate of drug-likeness (QED) is 0.467. The Morgan fingerprint density at radius 3 is 2.52 bits per heavy atom. The smallest absolute Gasteiger partial charge is 0.229 e. The Balaban J connectivity index is 1.93. The van der Waals surface area contributed by atoms with E-state index in [4.69, 9.17) is 13.9 Å². The van der Waals surface area contributed by atoms with Crippen molar-refractivity contribution in [3.05, 3.63) is 34.2 Å². The molecule has 0 aliphatic carbocycles. The highest BCUT2D eigenvalue weighted by atomic mass is 16.7. The highest BCUT2D eigenvalue weighted by molar-refractivity contribution is 5.84. The minimum Gasteiger partial charge on any atom is -0.507 e. The Labute approximate surface area is 141 Å². The lowest BCUT2D eigenvalue weighted by atomic mass is 9.99. The van der Waals surface area contributed by atoms with Crippen molar-refractivity contribution in [2.75, 3.05) is 6.61 Å². The minimum atomic E-state index is -1.60. The van der Waals surface area contributed by atoms with Gasteiger partial charge in [-0.25, -0.2) is 0 Å². The first-order valence-corrected chi connectivity index (χ1v) is 7.56. The van der Waals surface area contributed by atoms with Crippen LogP contribution in [0.4, 0.5) is 0 Å². The summed E-state index contributed by atoms with van der Waals surface area (Å²) in [7, 11) is 0. The minimum absolute atomic E-state index is 0.00285. The van der Waals surface area contributed by atoms with Gasteiger partial charge in [0.2, 0.25) is 6.29 Å². The molecule has 0 amide bonds. The van der Waals surface area contributed by atoms with Crippen LogP contribution in [0.5, 0.6) is 11.5 Å². The van der Waals surface area contributed by atoms with Crippen molar-refractivity contribution < 1.29 is 39.4 Å². The van der Waals surface area contributed by atoms with Gasteiger partial charge in [0.05, 0.1) is 6.61 Å². The molecule has 25 heavy (non-hydrogen) atoms. The Bertz CT molecular complexity index is 828. The molecule has 1 aromatic heterocycles. The molecular weight excluding hydrogens is 336 g/mol. The average Bonchev–Trinajstić information content (AvgIpc) is 2.54. The lowest BCUT2D eigenvalue weighted by molar-refractivity contribution is -0.277. The molecule has 1 aliphatic heterocycles. The maximum Gasteiger partial charge on any atom is 0.229 e. The molecule has 1 saturated heterocycles. The van der Waals surface area contributed by atoms with Crippen LogP contribution in [0, 0.1) is 6.92 Å². The van der Waals surface area contributed by atoms with Gasteiger partial charge in [0.15, 0.2) is 5.43 Å². The van der Waals surface area contributed by atoms with Gasteiger partial charge in [-0.2, -0.15) is 0 Å². The molecule has 1 fully saturated rings. The third-order valence-electron chi connectivity index (χ3n) is 4.01. The number of hydrogen-bond donors (Lipinski definition) is 5. The van der Waals surface area contributed by atoms with Crippen molar-refractivity contribution in [3.63, 3.8) is 0 Å². The first-order valence-electron chi connectivity index (χ1n) is 7.56. The Kier molecular flexibility index (Phi) is 4.67. The number of hydrogen-bond acceptors (Lipinski definition) is 9. The summed E-state index contributed by atoms with van der Waals surface area (Å²) in [6, 6.07) is 3.70. The molecular formula is C16H18O9. The van der Waals surface area contributed by atoms with E-state index in [1.165, 1.54) is 12.1 Å². The zero-order valence-electron chi connectivity index (χ0n) is 13.2. The van der Waals surface area contributed by atoms with Crippen LogP contribution in [0.3, 0.4) is 0 Å². The summed E-state index contributed by atoms with van der Waals surface area (Å²) in [4.78, 5) is 11.9. The van der Waals surface area contributed by atoms with Crippen LogP contribution in [0.1, 0.15) is 5.76 Å². The van der Waals surface area contributed by atoms with Crippen LogP contribution >= 0.6 is 0 Å². The highest BCUT2D eigenvalue weighted by Gasteiger charge is 2.44. The predicted molar refractivity (Wildman–Crippen MR) is 83.3 cm³/mol. The van der Waals surface area contributed by atoms with Gasteiger partial charge < -0.3 is 39.4 Å². The van der Waals surface area contributed by atoms with Gasteiger partial charge in [-0.15, -0.1) is 0 Å². The Hall–Kier alpha value is -2.17. The van der Waals surface area contributed by atoms with Crippen molar-refractivity contribution in [2.45, 2.75) is 37.6 Å². The molecule has 0 radical (unpaired) electrons. The number of phenolic OH excluding ortho intramolecular Hbond substituents is 1. The van der Waals surface area contributed by atoms with Crippen LogP contribution in [-0.2, 0) is 4.74 Å². The third kappa shape index (κ3) is 3.20. The molecule has 5 atom stereocenters. The van der Waals surface area contributed by atoms with Crippen molar-refractivity contribution in [2.24, 2.45) is 0 Å². The zero-order chi connectivity index (χ0) is 18.3. The number of aliphatic hydroxyl groups is 4. The normalized spacial score (nSPS) is 29.7. The van der Waals surface area contributed by atoms with Gasteiger partial charge >= 0.3 is 0 Å². The molecule has 9 heteroatoms. The standard InChI is InChI=1S/C16H18O9/c1-6-2-8(18)12-9(19)3-7(4-10(12)23-6)24-16-15(22)14(21)13(20)11(5-17)25-16/h2-4,11,13-17,19-22H,5H2,1H3/t11-,13-,14-,15-,16-/m1/s1. The molecule has 3 rings (SSSR count). The first kappa shape index (κ1) is 17.6. The van der Waals surface area contributed by atoms with Crippen LogP contribution in [0.15, 0.2) is 27.4 Å². The van der Waals surface area contributed by atoms with E-state index in [9.17, 15) is 30.3 Å². The van der Waals surface area contributed by atoms with Gasteiger partial charge in [-0.3, -0.25) is 4.79 Å². The number of fused-ring (bicyclic) bond motifs is 1. The molecule has 136 valence electrons. The molecule has 1 aliphatic rings. The van der Waals surface area contributed by atoms with Crippen LogP contribution < -0.4 is 10.2 Å². The fraction of sp³-hybridized carbons (Fsp3) is 0.438. The van der Waals surface area contributed by atoms with Gasteiger partial charge in [-0.1, -0.05) is 0 Å². The fourth-order valence-corrected chi connectivity index (χ4v) is 2.73. The summed E-state index contributed by atoms with van der Waals surface area (Å²) >= 11 is 0. The number of aryl methyl sites for hydroxylation is 1. The molecule has 1 aromatic carbocycles. The van der Waals surface area contributed by atoms with Crippen molar-refractivity contribution in [3.8, 4) is 11.5 Å². The van der Waals surface area contributed by atoms with Crippen molar-refractivity contribution in [1.82, 2.24) is 0 Å². The number of benzene rings is 1. The summed E-state index contributed by atoms with van der Waals surface area (Å²) in [5, 5.41) is 48.7. The van der Waals surface area contributed by atoms with E-state index in [0.29, 0.717) is 5.76 Å². The molecule has 5 N–H and O–H groups in total. The summed E-state index contributed by atoms with van der Waals surface area (Å²) in [6.45, 7) is 0.977. The lowest BCUT2D eigenvalue weighted by Crippen LogP contribution is -2.60. The molecule has 0 unspecified atom stereocenters. The van der Waals surface area contributed by atoms with E-state index in [-0.39, 0.29) is 22.5 Å². The van der Waals surface area contributed by atoms with Crippen molar-refractivity contribution >= 4 is 11.0 Å². The second-order valence-corrected chi connectivity index (χ2v) is 5.85. The number of aromatic hydroxyl groups is 1. The van der Waals surface area contributed by atoms with E-state index in [2.05, 4.69) is 0 Å². The van der Waals surface area contributed by atoms with Gasteiger partial charge in [0.1, 0.15) is 52.6 Å². The largest absolute Gasteiger partial charge is 0.507 e. The van der Waals surface area contributed by atoms with E-state index in [0.717, 1.165) is 6.07 Å². The number of phenols is 1. The number of aliphatic hydroxyl groups excluding tert-OH is 4. The second kappa shape index (κ2) is 6.62. The summed E-state index contributed by atoms with van der Waals surface area (Å²) in [5.74, 6) is -0.0455. The fourth-order valence-electron chi connectivity index (χ4n) is 2.73. The summed E-state index contributed by atoms with van der Waals surface area (Å²) in [5.41, 5.74) is -0.347.